The van der Waals surface area contributed by atoms with Gasteiger partial charge in [0.25, 0.3) is 0 Å². The van der Waals surface area contributed by atoms with Crippen LogP contribution in [-0.4, -0.2) is 11.0 Å². The van der Waals surface area contributed by atoms with Crippen molar-refractivity contribution in [2.24, 2.45) is 5.92 Å². The number of para-hydroxylation sites is 1. The second-order valence-corrected chi connectivity index (χ2v) is 5.67. The monoisotopic (exact) mass is 254 g/mol. The minimum atomic E-state index is 0.604. The Morgan fingerprint density at radius 3 is 2.95 bits per heavy atom. The number of nitrogens with zero attached hydrogens (tertiary/aromatic N) is 1. The zero-order chi connectivity index (χ0) is 13.1. The van der Waals surface area contributed by atoms with Crippen molar-refractivity contribution < 1.29 is 0 Å². The Morgan fingerprint density at radius 1 is 1.16 bits per heavy atom. The quantitative estimate of drug-likeness (QED) is 0.864. The molecule has 19 heavy (non-hydrogen) atoms. The molecule has 0 radical (unpaired) electrons. The first kappa shape index (κ1) is 12.5. The van der Waals surface area contributed by atoms with Crippen LogP contribution in [-0.2, 0) is 0 Å². The Hall–Kier alpha value is -1.57. The molecule has 2 heteroatoms. The van der Waals surface area contributed by atoms with E-state index >= 15 is 0 Å². The minimum absolute atomic E-state index is 0.604. The fraction of sp³-hybridized carbons (Fsp3) is 0.471. The topological polar surface area (TPSA) is 24.9 Å². The molecule has 1 aliphatic rings. The summed E-state index contributed by atoms with van der Waals surface area (Å²) in [5, 5.41) is 4.84. The van der Waals surface area contributed by atoms with Crippen LogP contribution >= 0.6 is 0 Å². The van der Waals surface area contributed by atoms with Crippen molar-refractivity contribution in [2.75, 3.05) is 5.32 Å². The zero-order valence-corrected chi connectivity index (χ0v) is 11.6. The highest BCUT2D eigenvalue weighted by Gasteiger charge is 2.20. The molecule has 2 aromatic rings. The molecule has 3 rings (SSSR count). The van der Waals surface area contributed by atoms with Crippen LogP contribution in [0, 0.1) is 5.92 Å². The largest absolute Gasteiger partial charge is 0.367 e. The highest BCUT2D eigenvalue weighted by atomic mass is 15.0. The standard InChI is InChI=1S/C17H22N2/c1-2-13-6-5-8-15(12-13)18-17-11-10-14-7-3-4-9-16(14)19-17/h3-4,7,9-11,13,15H,2,5-6,8,12H2,1H3,(H,18,19). The summed E-state index contributed by atoms with van der Waals surface area (Å²) in [5.74, 6) is 1.92. The smallest absolute Gasteiger partial charge is 0.126 e. The van der Waals surface area contributed by atoms with Crippen molar-refractivity contribution in [3.63, 3.8) is 0 Å². The van der Waals surface area contributed by atoms with E-state index in [0.29, 0.717) is 6.04 Å². The van der Waals surface area contributed by atoms with Crippen molar-refractivity contribution in [1.29, 1.82) is 0 Å². The van der Waals surface area contributed by atoms with E-state index in [1.165, 1.54) is 37.5 Å². The Labute approximate surface area is 115 Å². The highest BCUT2D eigenvalue weighted by Crippen LogP contribution is 2.28. The van der Waals surface area contributed by atoms with E-state index in [4.69, 9.17) is 4.98 Å². The van der Waals surface area contributed by atoms with Crippen molar-refractivity contribution in [2.45, 2.75) is 45.1 Å². The normalized spacial score (nSPS) is 23.4. The lowest BCUT2D eigenvalue weighted by Gasteiger charge is -2.29. The van der Waals surface area contributed by atoms with Crippen LogP contribution < -0.4 is 5.32 Å². The van der Waals surface area contributed by atoms with Crippen LogP contribution in [0.25, 0.3) is 10.9 Å². The summed E-state index contributed by atoms with van der Waals surface area (Å²) in [5.41, 5.74) is 1.08. The summed E-state index contributed by atoms with van der Waals surface area (Å²) in [6, 6.07) is 13.2. The summed E-state index contributed by atoms with van der Waals surface area (Å²) in [6.45, 7) is 2.31. The van der Waals surface area contributed by atoms with Crippen LogP contribution in [0.5, 0.6) is 0 Å². The van der Waals surface area contributed by atoms with E-state index in [2.05, 4.69) is 42.6 Å². The maximum Gasteiger partial charge on any atom is 0.126 e. The van der Waals surface area contributed by atoms with Crippen molar-refractivity contribution in [1.82, 2.24) is 4.98 Å². The van der Waals surface area contributed by atoms with Gasteiger partial charge < -0.3 is 5.32 Å². The first-order valence-corrected chi connectivity index (χ1v) is 7.47. The highest BCUT2D eigenvalue weighted by molar-refractivity contribution is 5.80. The predicted octanol–water partition coefficient (Wildman–Crippen LogP) is 4.62. The van der Waals surface area contributed by atoms with Gasteiger partial charge in [-0.1, -0.05) is 44.4 Å². The Bertz CT molecular complexity index is 550. The number of rotatable bonds is 3. The second kappa shape index (κ2) is 5.60. The molecule has 0 spiro atoms. The van der Waals surface area contributed by atoms with E-state index in [1.807, 2.05) is 6.07 Å². The Morgan fingerprint density at radius 2 is 2.05 bits per heavy atom. The molecule has 2 unspecified atom stereocenters. The van der Waals surface area contributed by atoms with Crippen LogP contribution in [0.4, 0.5) is 5.82 Å². The molecule has 2 nitrogen and oxygen atoms in total. The molecule has 2 atom stereocenters. The third kappa shape index (κ3) is 2.89. The molecule has 1 N–H and O–H groups in total. The summed E-state index contributed by atoms with van der Waals surface area (Å²) in [6.07, 6.45) is 6.64. The lowest BCUT2D eigenvalue weighted by molar-refractivity contribution is 0.327. The van der Waals surface area contributed by atoms with Gasteiger partial charge >= 0.3 is 0 Å². The molecule has 0 amide bonds. The molecule has 0 bridgehead atoms. The number of fused-ring (bicyclic) bond motifs is 1. The first-order valence-electron chi connectivity index (χ1n) is 7.47. The molecule has 1 saturated carbocycles. The molecule has 1 aromatic carbocycles. The SMILES string of the molecule is CCC1CCCC(Nc2ccc3ccccc3n2)C1. The third-order valence-corrected chi connectivity index (χ3v) is 4.31. The molecular weight excluding hydrogens is 232 g/mol. The van der Waals surface area contributed by atoms with E-state index in [1.54, 1.807) is 0 Å². The Kier molecular flexibility index (Phi) is 3.67. The van der Waals surface area contributed by atoms with Crippen LogP contribution in [0.3, 0.4) is 0 Å². The number of hydrogen-bond donors (Lipinski definition) is 1. The average molecular weight is 254 g/mol. The summed E-state index contributed by atoms with van der Waals surface area (Å²) in [4.78, 5) is 4.71. The van der Waals surface area contributed by atoms with Gasteiger partial charge in [-0.25, -0.2) is 4.98 Å². The van der Waals surface area contributed by atoms with Crippen molar-refractivity contribution in [3.8, 4) is 0 Å². The number of nitrogens with one attached hydrogen (secondary N) is 1. The number of hydrogen-bond acceptors (Lipinski definition) is 2. The molecule has 1 fully saturated rings. The summed E-state index contributed by atoms with van der Waals surface area (Å²) >= 11 is 0. The molecule has 100 valence electrons. The van der Waals surface area contributed by atoms with Gasteiger partial charge in [-0.3, -0.25) is 0 Å². The fourth-order valence-electron chi connectivity index (χ4n) is 3.15. The molecule has 1 aliphatic carbocycles. The second-order valence-electron chi connectivity index (χ2n) is 5.67. The van der Waals surface area contributed by atoms with Crippen LogP contribution in [0.1, 0.15) is 39.0 Å². The Balaban J connectivity index is 1.74. The molecule has 1 heterocycles. The number of benzene rings is 1. The maximum atomic E-state index is 4.71. The fourth-order valence-corrected chi connectivity index (χ4v) is 3.15. The molecule has 0 aliphatic heterocycles. The summed E-state index contributed by atoms with van der Waals surface area (Å²) in [7, 11) is 0. The van der Waals surface area contributed by atoms with Gasteiger partial charge in [0.2, 0.25) is 0 Å². The van der Waals surface area contributed by atoms with Gasteiger partial charge in [0.15, 0.2) is 0 Å². The van der Waals surface area contributed by atoms with E-state index < -0.39 is 0 Å². The van der Waals surface area contributed by atoms with Gasteiger partial charge in [-0.05, 0) is 37.0 Å². The summed E-state index contributed by atoms with van der Waals surface area (Å²) < 4.78 is 0. The van der Waals surface area contributed by atoms with Gasteiger partial charge in [-0.2, -0.15) is 0 Å². The van der Waals surface area contributed by atoms with Crippen LogP contribution in [0.15, 0.2) is 36.4 Å². The number of aromatic nitrogens is 1. The molecule has 0 saturated heterocycles. The number of anilines is 1. The van der Waals surface area contributed by atoms with Crippen molar-refractivity contribution >= 4 is 16.7 Å². The third-order valence-electron chi connectivity index (χ3n) is 4.31. The minimum Gasteiger partial charge on any atom is -0.367 e. The first-order chi connectivity index (χ1) is 9.35. The zero-order valence-electron chi connectivity index (χ0n) is 11.6. The van der Waals surface area contributed by atoms with Crippen LogP contribution in [0.2, 0.25) is 0 Å². The number of pyridine rings is 1. The van der Waals surface area contributed by atoms with Gasteiger partial charge in [-0.15, -0.1) is 0 Å². The lowest BCUT2D eigenvalue weighted by Crippen LogP contribution is -2.27. The van der Waals surface area contributed by atoms with Gasteiger partial charge in [0.1, 0.15) is 5.82 Å². The maximum absolute atomic E-state index is 4.71. The van der Waals surface area contributed by atoms with E-state index in [-0.39, 0.29) is 0 Å². The van der Waals surface area contributed by atoms with E-state index in [0.717, 1.165) is 17.3 Å². The predicted molar refractivity (Wildman–Crippen MR) is 81.4 cm³/mol. The van der Waals surface area contributed by atoms with Crippen molar-refractivity contribution in [3.05, 3.63) is 36.4 Å². The molecular formula is C17H22N2. The molecule has 1 aromatic heterocycles. The lowest BCUT2D eigenvalue weighted by atomic mass is 9.84. The van der Waals surface area contributed by atoms with E-state index in [9.17, 15) is 0 Å². The average Bonchev–Trinajstić information content (AvgIpc) is 2.47. The van der Waals surface area contributed by atoms with Gasteiger partial charge in [0, 0.05) is 11.4 Å². The van der Waals surface area contributed by atoms with Gasteiger partial charge in [0.05, 0.1) is 5.52 Å².